The van der Waals surface area contributed by atoms with Crippen molar-refractivity contribution in [1.82, 2.24) is 9.62 Å². The molecule has 1 atom stereocenters. The zero-order chi connectivity index (χ0) is 20.9. The van der Waals surface area contributed by atoms with Crippen LogP contribution in [0.1, 0.15) is 30.1 Å². The van der Waals surface area contributed by atoms with Crippen LogP contribution in [0.5, 0.6) is 11.5 Å². The van der Waals surface area contributed by atoms with E-state index in [1.54, 1.807) is 31.4 Å². The van der Waals surface area contributed by atoms with Crippen molar-refractivity contribution in [3.8, 4) is 11.5 Å². The molecule has 0 radical (unpaired) electrons. The molecule has 0 bridgehead atoms. The van der Waals surface area contributed by atoms with E-state index in [9.17, 15) is 13.2 Å². The number of benzene rings is 2. The lowest BCUT2D eigenvalue weighted by molar-refractivity contribution is 0.0926. The third-order valence-electron chi connectivity index (χ3n) is 4.76. The molecule has 1 N–H and O–H groups in total. The monoisotopic (exact) mass is 418 g/mol. The maximum absolute atomic E-state index is 12.6. The minimum absolute atomic E-state index is 0.215. The van der Waals surface area contributed by atoms with Crippen LogP contribution in [-0.4, -0.2) is 51.5 Å². The number of methoxy groups -OCH3 is 1. The van der Waals surface area contributed by atoms with Gasteiger partial charge in [0.2, 0.25) is 10.0 Å². The van der Waals surface area contributed by atoms with Gasteiger partial charge < -0.3 is 14.8 Å². The van der Waals surface area contributed by atoms with Gasteiger partial charge in [0.25, 0.3) is 5.91 Å². The highest BCUT2D eigenvalue weighted by Gasteiger charge is 2.27. The molecule has 8 heteroatoms. The van der Waals surface area contributed by atoms with Gasteiger partial charge in [-0.1, -0.05) is 0 Å². The van der Waals surface area contributed by atoms with E-state index in [1.807, 2.05) is 6.92 Å². The van der Waals surface area contributed by atoms with Gasteiger partial charge in [0.05, 0.1) is 18.0 Å². The smallest absolute Gasteiger partial charge is 0.251 e. The summed E-state index contributed by atoms with van der Waals surface area (Å²) in [5, 5.41) is 2.85. The second-order valence-electron chi connectivity index (χ2n) is 7.00. The van der Waals surface area contributed by atoms with Gasteiger partial charge in [-0.25, -0.2) is 8.42 Å². The fraction of sp³-hybridized carbons (Fsp3) is 0.381. The van der Waals surface area contributed by atoms with E-state index < -0.39 is 10.0 Å². The molecule has 1 aliphatic heterocycles. The topological polar surface area (TPSA) is 84.9 Å². The van der Waals surface area contributed by atoms with Crippen LogP contribution in [0, 0.1) is 0 Å². The lowest BCUT2D eigenvalue weighted by atomic mass is 10.2. The number of hydrogen-bond donors (Lipinski definition) is 1. The summed E-state index contributed by atoms with van der Waals surface area (Å²) in [5.74, 6) is 1.15. The lowest BCUT2D eigenvalue weighted by Crippen LogP contribution is -2.36. The van der Waals surface area contributed by atoms with Gasteiger partial charge in [0.15, 0.2) is 0 Å². The summed E-state index contributed by atoms with van der Waals surface area (Å²) in [7, 11) is -1.88. The molecule has 1 fully saturated rings. The molecule has 0 spiro atoms. The van der Waals surface area contributed by atoms with E-state index in [4.69, 9.17) is 9.47 Å². The molecule has 1 heterocycles. The number of carbonyl (C=O) groups is 1. The van der Waals surface area contributed by atoms with Gasteiger partial charge in [0.1, 0.15) is 18.1 Å². The summed E-state index contributed by atoms with van der Waals surface area (Å²) >= 11 is 0. The molecule has 0 aliphatic carbocycles. The minimum atomic E-state index is -3.48. The van der Waals surface area contributed by atoms with Crippen LogP contribution in [0.15, 0.2) is 53.4 Å². The first-order chi connectivity index (χ1) is 13.9. The summed E-state index contributed by atoms with van der Waals surface area (Å²) < 4.78 is 37.4. The Kier molecular flexibility index (Phi) is 6.76. The molecule has 0 aromatic heterocycles. The molecule has 0 saturated carbocycles. The number of sulfonamides is 1. The molecular weight excluding hydrogens is 392 g/mol. The molecule has 3 rings (SSSR count). The van der Waals surface area contributed by atoms with Crippen LogP contribution in [0.2, 0.25) is 0 Å². The van der Waals surface area contributed by atoms with Crippen molar-refractivity contribution >= 4 is 15.9 Å². The largest absolute Gasteiger partial charge is 0.497 e. The van der Waals surface area contributed by atoms with E-state index in [1.165, 1.54) is 28.6 Å². The fourth-order valence-corrected chi connectivity index (χ4v) is 4.61. The Morgan fingerprint density at radius 1 is 1.03 bits per heavy atom. The Morgan fingerprint density at radius 2 is 1.62 bits per heavy atom. The maximum atomic E-state index is 12.6. The zero-order valence-corrected chi connectivity index (χ0v) is 17.4. The van der Waals surface area contributed by atoms with Gasteiger partial charge in [-0.05, 0) is 68.3 Å². The van der Waals surface area contributed by atoms with Crippen molar-refractivity contribution < 1.29 is 22.7 Å². The quantitative estimate of drug-likeness (QED) is 0.712. The highest BCUT2D eigenvalue weighted by molar-refractivity contribution is 7.89. The molecule has 156 valence electrons. The van der Waals surface area contributed by atoms with Crippen molar-refractivity contribution in [2.75, 3.05) is 26.8 Å². The van der Waals surface area contributed by atoms with Crippen LogP contribution >= 0.6 is 0 Å². The first kappa shape index (κ1) is 21.1. The molecule has 0 unspecified atom stereocenters. The molecule has 2 aromatic carbocycles. The van der Waals surface area contributed by atoms with Crippen LogP contribution in [-0.2, 0) is 10.0 Å². The predicted octanol–water partition coefficient (Wildman–Crippen LogP) is 2.68. The first-order valence-corrected chi connectivity index (χ1v) is 11.0. The van der Waals surface area contributed by atoms with Crippen molar-refractivity contribution in [3.05, 3.63) is 54.1 Å². The molecule has 7 nitrogen and oxygen atoms in total. The molecule has 1 aliphatic rings. The number of rotatable bonds is 8. The normalized spacial score (nSPS) is 15.7. The average Bonchev–Trinajstić information content (AvgIpc) is 3.28. The highest BCUT2D eigenvalue weighted by Crippen LogP contribution is 2.21. The van der Waals surface area contributed by atoms with Crippen molar-refractivity contribution in [1.29, 1.82) is 0 Å². The Balaban J connectivity index is 1.54. The maximum Gasteiger partial charge on any atom is 0.251 e. The molecular formula is C21H26N2O5S. The zero-order valence-electron chi connectivity index (χ0n) is 16.6. The second-order valence-corrected chi connectivity index (χ2v) is 8.93. The number of nitrogens with zero attached hydrogens (tertiary/aromatic N) is 1. The first-order valence-electron chi connectivity index (χ1n) is 9.58. The highest BCUT2D eigenvalue weighted by atomic mass is 32.2. The number of ether oxygens (including phenoxy) is 2. The van der Waals surface area contributed by atoms with Gasteiger partial charge >= 0.3 is 0 Å². The standard InChI is InChI=1S/C21H26N2O5S/c1-16(15-28-19-9-7-18(27-2)8-10-19)22-21(24)17-5-11-20(12-6-17)29(25,26)23-13-3-4-14-23/h5-12,16H,3-4,13-15H2,1-2H3,(H,22,24)/t16-/m0/s1. The fourth-order valence-electron chi connectivity index (χ4n) is 3.10. The van der Waals surface area contributed by atoms with Gasteiger partial charge in [-0.2, -0.15) is 4.31 Å². The van der Waals surface area contributed by atoms with Gasteiger partial charge in [-0.3, -0.25) is 4.79 Å². The van der Waals surface area contributed by atoms with Gasteiger partial charge in [0, 0.05) is 18.7 Å². The van der Waals surface area contributed by atoms with Crippen LogP contribution < -0.4 is 14.8 Å². The lowest BCUT2D eigenvalue weighted by Gasteiger charge is -2.17. The summed E-state index contributed by atoms with van der Waals surface area (Å²) in [5.41, 5.74) is 0.404. The van der Waals surface area contributed by atoms with E-state index in [2.05, 4.69) is 5.32 Å². The van der Waals surface area contributed by atoms with Crippen molar-refractivity contribution in [2.24, 2.45) is 0 Å². The Bertz CT molecular complexity index is 921. The predicted molar refractivity (Wildman–Crippen MR) is 110 cm³/mol. The molecule has 29 heavy (non-hydrogen) atoms. The van der Waals surface area contributed by atoms with Gasteiger partial charge in [-0.15, -0.1) is 0 Å². The average molecular weight is 419 g/mol. The molecule has 2 aromatic rings. The van der Waals surface area contributed by atoms with E-state index in [0.29, 0.717) is 31.0 Å². The Morgan fingerprint density at radius 3 is 2.21 bits per heavy atom. The van der Waals surface area contributed by atoms with Crippen LogP contribution in [0.4, 0.5) is 0 Å². The molecule has 1 saturated heterocycles. The summed E-state index contributed by atoms with van der Waals surface area (Å²) in [6, 6.07) is 13.0. The number of hydrogen-bond acceptors (Lipinski definition) is 5. The Labute approximate surface area is 171 Å². The second kappa shape index (κ2) is 9.28. The third kappa shape index (κ3) is 5.27. The minimum Gasteiger partial charge on any atom is -0.497 e. The third-order valence-corrected chi connectivity index (χ3v) is 6.67. The van der Waals surface area contributed by atoms with Crippen molar-refractivity contribution in [2.45, 2.75) is 30.7 Å². The molecule has 1 amide bonds. The summed E-state index contributed by atoms with van der Waals surface area (Å²) in [6.45, 7) is 3.25. The van der Waals surface area contributed by atoms with Crippen LogP contribution in [0.3, 0.4) is 0 Å². The number of amides is 1. The summed E-state index contributed by atoms with van der Waals surface area (Å²) in [4.78, 5) is 12.6. The SMILES string of the molecule is COc1ccc(OC[C@H](C)NC(=O)c2ccc(S(=O)(=O)N3CCCC3)cc2)cc1. The van der Waals surface area contributed by atoms with E-state index in [0.717, 1.165) is 18.6 Å². The number of carbonyl (C=O) groups excluding carboxylic acids is 1. The van der Waals surface area contributed by atoms with Crippen molar-refractivity contribution in [3.63, 3.8) is 0 Å². The number of nitrogens with one attached hydrogen (secondary N) is 1. The summed E-state index contributed by atoms with van der Waals surface area (Å²) in [6.07, 6.45) is 1.77. The van der Waals surface area contributed by atoms with E-state index in [-0.39, 0.29) is 16.8 Å². The van der Waals surface area contributed by atoms with Crippen LogP contribution in [0.25, 0.3) is 0 Å². The Hall–Kier alpha value is -2.58. The van der Waals surface area contributed by atoms with E-state index >= 15 is 0 Å².